The minimum absolute atomic E-state index is 0. The number of pyridine rings is 1. The summed E-state index contributed by atoms with van der Waals surface area (Å²) in [5.74, 6) is 1.72. The summed E-state index contributed by atoms with van der Waals surface area (Å²) in [5.41, 5.74) is 1.06. The summed E-state index contributed by atoms with van der Waals surface area (Å²) in [6.07, 6.45) is -2.38. The third-order valence-corrected chi connectivity index (χ3v) is 6.04. The number of alkyl halides is 3. The molecule has 0 radical (unpaired) electrons. The summed E-state index contributed by atoms with van der Waals surface area (Å²) in [4.78, 5) is 17.6. The zero-order valence-electron chi connectivity index (χ0n) is 19.1. The highest BCUT2D eigenvalue weighted by Gasteiger charge is 2.41. The van der Waals surface area contributed by atoms with Crippen molar-refractivity contribution in [3.8, 4) is 0 Å². The molecule has 3 rings (SSSR count). The third-order valence-electron chi connectivity index (χ3n) is 6.04. The van der Waals surface area contributed by atoms with Crippen LogP contribution < -0.4 is 10.2 Å². The highest BCUT2D eigenvalue weighted by molar-refractivity contribution is 14.0. The van der Waals surface area contributed by atoms with Crippen molar-refractivity contribution < 1.29 is 13.2 Å². The first-order chi connectivity index (χ1) is 14.8. The average Bonchev–Trinajstić information content (AvgIpc) is 2.76. The monoisotopic (exact) mass is 569 g/mol. The van der Waals surface area contributed by atoms with Crippen molar-refractivity contribution in [2.75, 3.05) is 70.9 Å². The predicted molar refractivity (Wildman–Crippen MR) is 133 cm³/mol. The number of piperazine rings is 2. The molecule has 1 unspecified atom stereocenters. The number of nitrogens with zero attached hydrogens (tertiary/aromatic N) is 6. The Balaban J connectivity index is 0.00000363. The zero-order valence-corrected chi connectivity index (χ0v) is 21.4. The van der Waals surface area contributed by atoms with Gasteiger partial charge in [-0.15, -0.1) is 24.0 Å². The molecular formula is C21H35F3IN7. The lowest BCUT2D eigenvalue weighted by molar-refractivity contribution is -0.181. The minimum atomic E-state index is -4.19. The Kier molecular flexibility index (Phi) is 10.3. The number of aliphatic imine (C=N–C) groups is 1. The molecule has 0 bridgehead atoms. The van der Waals surface area contributed by atoms with Gasteiger partial charge in [-0.05, 0) is 27.0 Å². The Morgan fingerprint density at radius 1 is 1.12 bits per heavy atom. The van der Waals surface area contributed by atoms with Crippen LogP contribution in [0.3, 0.4) is 0 Å². The molecule has 1 aromatic rings. The third kappa shape index (κ3) is 7.08. The Hall–Kier alpha value is -1.34. The van der Waals surface area contributed by atoms with Gasteiger partial charge in [-0.1, -0.05) is 6.07 Å². The van der Waals surface area contributed by atoms with Crippen molar-refractivity contribution in [2.45, 2.75) is 32.6 Å². The Morgan fingerprint density at radius 2 is 1.78 bits per heavy atom. The molecule has 7 nitrogen and oxygen atoms in total. The molecule has 0 spiro atoms. The summed E-state index contributed by atoms with van der Waals surface area (Å²) in [7, 11) is 2.12. The van der Waals surface area contributed by atoms with Crippen LogP contribution in [0.5, 0.6) is 0 Å². The molecule has 1 atom stereocenters. The Morgan fingerprint density at radius 3 is 2.38 bits per heavy atom. The van der Waals surface area contributed by atoms with E-state index >= 15 is 0 Å². The molecule has 182 valence electrons. The first-order valence-corrected chi connectivity index (χ1v) is 11.0. The van der Waals surface area contributed by atoms with Crippen molar-refractivity contribution in [3.05, 3.63) is 23.9 Å². The van der Waals surface area contributed by atoms with Crippen LogP contribution in [0.15, 0.2) is 23.3 Å². The molecular weight excluding hydrogens is 534 g/mol. The number of nitrogens with one attached hydrogen (secondary N) is 1. The highest BCUT2D eigenvalue weighted by Crippen LogP contribution is 2.25. The molecule has 1 N–H and O–H groups in total. The van der Waals surface area contributed by atoms with Gasteiger partial charge in [0, 0.05) is 70.7 Å². The topological polar surface area (TPSA) is 50.2 Å². The number of rotatable bonds is 5. The van der Waals surface area contributed by atoms with Gasteiger partial charge in [0.2, 0.25) is 0 Å². The molecule has 0 aromatic carbocycles. The lowest BCUT2D eigenvalue weighted by Crippen LogP contribution is -2.56. The van der Waals surface area contributed by atoms with Crippen molar-refractivity contribution in [1.82, 2.24) is 25.0 Å². The van der Waals surface area contributed by atoms with Crippen molar-refractivity contribution in [1.29, 1.82) is 0 Å². The lowest BCUT2D eigenvalue weighted by atomic mass is 10.2. The Labute approximate surface area is 206 Å². The van der Waals surface area contributed by atoms with Crippen molar-refractivity contribution >= 4 is 35.8 Å². The number of hydrogen-bond acceptors (Lipinski definition) is 5. The number of guanidine groups is 1. The fourth-order valence-corrected chi connectivity index (χ4v) is 3.97. The van der Waals surface area contributed by atoms with Gasteiger partial charge in [0.25, 0.3) is 0 Å². The maximum absolute atomic E-state index is 13.0. The van der Waals surface area contributed by atoms with Gasteiger partial charge in [0.15, 0.2) is 5.96 Å². The zero-order chi connectivity index (χ0) is 22.4. The fourth-order valence-electron chi connectivity index (χ4n) is 3.97. The maximum Gasteiger partial charge on any atom is 0.403 e. The molecule has 32 heavy (non-hydrogen) atoms. The van der Waals surface area contributed by atoms with Gasteiger partial charge in [-0.25, -0.2) is 9.98 Å². The van der Waals surface area contributed by atoms with Gasteiger partial charge in [-0.2, -0.15) is 13.2 Å². The quantitative estimate of drug-likeness (QED) is 0.334. The van der Waals surface area contributed by atoms with Gasteiger partial charge in [-0.3, -0.25) is 4.90 Å². The van der Waals surface area contributed by atoms with Crippen LogP contribution in [0.25, 0.3) is 0 Å². The van der Waals surface area contributed by atoms with Crippen LogP contribution in [-0.2, 0) is 6.54 Å². The van der Waals surface area contributed by atoms with Crippen LogP contribution in [0, 0.1) is 0 Å². The van der Waals surface area contributed by atoms with E-state index in [4.69, 9.17) is 4.99 Å². The number of anilines is 1. The second-order valence-corrected chi connectivity index (χ2v) is 8.19. The number of likely N-dealkylation sites (N-methyl/N-ethyl adjacent to an activating group) is 1. The second kappa shape index (κ2) is 12.2. The summed E-state index contributed by atoms with van der Waals surface area (Å²) in [6, 6.07) is 2.56. The molecule has 11 heteroatoms. The predicted octanol–water partition coefficient (Wildman–Crippen LogP) is 2.49. The fraction of sp³-hybridized carbons (Fsp3) is 0.714. The van der Waals surface area contributed by atoms with Crippen LogP contribution in [-0.4, -0.2) is 104 Å². The molecule has 3 heterocycles. The molecule has 2 fully saturated rings. The summed E-state index contributed by atoms with van der Waals surface area (Å²) in [6.45, 7) is 10.1. The van der Waals surface area contributed by atoms with Gasteiger partial charge < -0.3 is 20.0 Å². The van der Waals surface area contributed by atoms with Gasteiger partial charge in [0.1, 0.15) is 11.9 Å². The lowest BCUT2D eigenvalue weighted by Gasteiger charge is -2.39. The van der Waals surface area contributed by atoms with E-state index < -0.39 is 12.2 Å². The molecule has 0 saturated carbocycles. The molecule has 2 saturated heterocycles. The smallest absolute Gasteiger partial charge is 0.357 e. The average molecular weight is 569 g/mol. The minimum Gasteiger partial charge on any atom is -0.357 e. The van der Waals surface area contributed by atoms with Crippen LogP contribution in [0.4, 0.5) is 19.0 Å². The van der Waals surface area contributed by atoms with Crippen molar-refractivity contribution in [2.24, 2.45) is 4.99 Å². The van der Waals surface area contributed by atoms with E-state index in [0.717, 1.165) is 43.5 Å². The summed E-state index contributed by atoms with van der Waals surface area (Å²) < 4.78 is 39.1. The van der Waals surface area contributed by atoms with Crippen molar-refractivity contribution in [3.63, 3.8) is 0 Å². The number of halogens is 4. The number of aromatic nitrogens is 1. The highest BCUT2D eigenvalue weighted by atomic mass is 127. The standard InChI is InChI=1S/C21H34F3N7.HI/c1-4-25-20(31-14-12-29(13-15-31)17(2)21(22,23)24)27-16-18-6-5-7-26-19(18)30-10-8-28(3)9-11-30;/h5-7,17H,4,8-16H2,1-3H3,(H,25,27);1H. The summed E-state index contributed by atoms with van der Waals surface area (Å²) >= 11 is 0. The second-order valence-electron chi connectivity index (χ2n) is 8.19. The van der Waals surface area contributed by atoms with Gasteiger partial charge >= 0.3 is 6.18 Å². The largest absolute Gasteiger partial charge is 0.403 e. The maximum atomic E-state index is 13.0. The van der Waals surface area contributed by atoms with Crippen LogP contribution >= 0.6 is 24.0 Å². The van der Waals surface area contributed by atoms with Crippen LogP contribution in [0.2, 0.25) is 0 Å². The van der Waals surface area contributed by atoms with E-state index in [1.54, 1.807) is 0 Å². The first kappa shape index (κ1) is 26.9. The SMILES string of the molecule is CCNC(=NCc1cccnc1N1CCN(C)CC1)N1CCN(C(C)C(F)(F)F)CC1.I. The Bertz CT molecular complexity index is 730. The van der Waals surface area contributed by atoms with Crippen LogP contribution in [0.1, 0.15) is 19.4 Å². The normalized spacial score (nSPS) is 20.1. The molecule has 2 aliphatic heterocycles. The van der Waals surface area contributed by atoms with E-state index in [1.165, 1.54) is 11.8 Å². The number of hydrogen-bond donors (Lipinski definition) is 1. The summed E-state index contributed by atoms with van der Waals surface area (Å²) in [5, 5.41) is 3.30. The van der Waals surface area contributed by atoms with E-state index in [2.05, 4.69) is 38.1 Å². The van der Waals surface area contributed by atoms with E-state index in [-0.39, 0.29) is 24.0 Å². The molecule has 1 aromatic heterocycles. The van der Waals surface area contributed by atoms with E-state index in [0.29, 0.717) is 39.3 Å². The molecule has 2 aliphatic rings. The first-order valence-electron chi connectivity index (χ1n) is 11.0. The molecule has 0 aliphatic carbocycles. The molecule has 0 amide bonds. The van der Waals surface area contributed by atoms with Gasteiger partial charge in [0.05, 0.1) is 6.54 Å². The van der Waals surface area contributed by atoms with E-state index in [9.17, 15) is 13.2 Å². The van der Waals surface area contributed by atoms with E-state index in [1.807, 2.05) is 19.2 Å².